The van der Waals surface area contributed by atoms with Crippen LogP contribution in [0.2, 0.25) is 0 Å². The first-order valence-corrected chi connectivity index (χ1v) is 32.8. The molecule has 0 unspecified atom stereocenters. The SMILES string of the molecule is CCCCCCC.CCCCCCCOCCOCCOCCOCCOCCOCCOCCOCCOCCOCCOCCOCCOCCOCCOCCOCCOCCOCCOCCOCCOCCOCCOCCOCCO. The Morgan fingerprint density at radius 2 is 0.230 bits per heavy atom. The molecule has 0 heterocycles. The zero-order chi connectivity index (χ0) is 62.7. The monoisotopic (exact) mass is 1270 g/mol. The van der Waals surface area contributed by atoms with Crippen molar-refractivity contribution in [1.82, 2.24) is 0 Å². The summed E-state index contributed by atoms with van der Waals surface area (Å²) >= 11 is 0. The van der Waals surface area contributed by atoms with Gasteiger partial charge in [0, 0.05) is 6.61 Å². The molecule has 0 amide bonds. The first kappa shape index (κ1) is 88.1. The number of hydrogen-bond donors (Lipinski definition) is 1. The third-order valence-electron chi connectivity index (χ3n) is 11.4. The minimum atomic E-state index is 0.0184. The van der Waals surface area contributed by atoms with Crippen LogP contribution in [0, 0.1) is 0 Å². The smallest absolute Gasteiger partial charge is 0.0701 e. The van der Waals surface area contributed by atoms with Crippen LogP contribution in [-0.2, 0) is 114 Å². The van der Waals surface area contributed by atoms with Gasteiger partial charge in [-0.2, -0.15) is 0 Å². The van der Waals surface area contributed by atoms with Crippen LogP contribution in [0.15, 0.2) is 0 Å². The van der Waals surface area contributed by atoms with E-state index in [2.05, 4.69) is 20.8 Å². The number of rotatable bonds is 81. The third-order valence-corrected chi connectivity index (χ3v) is 11.4. The largest absolute Gasteiger partial charge is 0.394 e. The van der Waals surface area contributed by atoms with Crippen molar-refractivity contribution in [2.45, 2.75) is 85.0 Å². The molecule has 1 N–H and O–H groups in total. The predicted octanol–water partition coefficient (Wildman–Crippen LogP) is 5.32. The molecule has 0 aromatic carbocycles. The summed E-state index contributed by atoms with van der Waals surface area (Å²) in [5, 5.41) is 8.61. The van der Waals surface area contributed by atoms with Crippen molar-refractivity contribution in [3.05, 3.63) is 0 Å². The molecule has 0 atom stereocenters. The highest BCUT2D eigenvalue weighted by atomic mass is 16.6. The van der Waals surface area contributed by atoms with Crippen molar-refractivity contribution < 1.29 is 119 Å². The number of hydrogen-bond acceptors (Lipinski definition) is 25. The molecular formula is C62H128O25. The van der Waals surface area contributed by atoms with Crippen LogP contribution in [0.3, 0.4) is 0 Å². The molecule has 0 radical (unpaired) electrons. The van der Waals surface area contributed by atoms with E-state index in [1.807, 2.05) is 0 Å². The van der Waals surface area contributed by atoms with E-state index in [-0.39, 0.29) is 6.61 Å². The van der Waals surface area contributed by atoms with Crippen molar-refractivity contribution in [1.29, 1.82) is 0 Å². The minimum Gasteiger partial charge on any atom is -0.394 e. The van der Waals surface area contributed by atoms with Crippen LogP contribution < -0.4 is 0 Å². The number of aliphatic hydroxyl groups is 1. The number of ether oxygens (including phenoxy) is 24. The van der Waals surface area contributed by atoms with E-state index in [9.17, 15) is 0 Å². The highest BCUT2D eigenvalue weighted by molar-refractivity contribution is 4.45. The Balaban J connectivity index is 0. The van der Waals surface area contributed by atoms with Gasteiger partial charge in [0.15, 0.2) is 0 Å². The third kappa shape index (κ3) is 91.5. The predicted molar refractivity (Wildman–Crippen MR) is 330 cm³/mol. The van der Waals surface area contributed by atoms with Crippen LogP contribution in [0.1, 0.15) is 85.0 Å². The molecule has 0 aliphatic rings. The molecule has 0 spiro atoms. The molecule has 25 heteroatoms. The van der Waals surface area contributed by atoms with Crippen molar-refractivity contribution in [2.75, 3.05) is 324 Å². The summed E-state index contributed by atoms with van der Waals surface area (Å²) in [6.45, 7) is 30.9. The van der Waals surface area contributed by atoms with Crippen molar-refractivity contribution >= 4 is 0 Å². The van der Waals surface area contributed by atoms with E-state index in [1.54, 1.807) is 0 Å². The van der Waals surface area contributed by atoms with Gasteiger partial charge in [-0.1, -0.05) is 78.6 Å². The average molecular weight is 1270 g/mol. The zero-order valence-corrected chi connectivity index (χ0v) is 55.0. The summed E-state index contributed by atoms with van der Waals surface area (Å²) in [5.74, 6) is 0. The lowest BCUT2D eigenvalue weighted by Crippen LogP contribution is -2.16. The van der Waals surface area contributed by atoms with Crippen LogP contribution in [0.5, 0.6) is 0 Å². The lowest BCUT2D eigenvalue weighted by molar-refractivity contribution is -0.0320. The fourth-order valence-electron chi connectivity index (χ4n) is 6.71. The molecule has 0 bridgehead atoms. The van der Waals surface area contributed by atoms with E-state index >= 15 is 0 Å². The lowest BCUT2D eigenvalue weighted by Gasteiger charge is -2.09. The minimum absolute atomic E-state index is 0.0184. The van der Waals surface area contributed by atoms with Gasteiger partial charge in [-0.15, -0.1) is 0 Å². The Morgan fingerprint density at radius 3 is 0.356 bits per heavy atom. The standard InChI is InChI=1S/C55H112O25.C7H16/c1-2-3-4-5-6-8-57-10-12-59-14-16-61-18-20-63-22-24-65-26-28-67-30-32-69-34-36-71-38-40-73-42-44-75-46-48-77-50-52-79-54-55-80-53-51-78-49-47-76-45-43-74-41-39-72-37-35-70-33-31-68-29-27-66-25-23-64-21-19-62-17-15-60-13-11-58-9-7-56;1-3-5-7-6-4-2/h56H,2-55H2,1H3;3-7H2,1-2H3. The van der Waals surface area contributed by atoms with Crippen molar-refractivity contribution in [3.63, 3.8) is 0 Å². The topological polar surface area (TPSA) is 242 Å². The van der Waals surface area contributed by atoms with E-state index < -0.39 is 0 Å². The molecule has 526 valence electrons. The fourth-order valence-corrected chi connectivity index (χ4v) is 6.71. The Morgan fingerprint density at radius 1 is 0.126 bits per heavy atom. The normalized spacial score (nSPS) is 11.6. The lowest BCUT2D eigenvalue weighted by atomic mass is 10.2. The summed E-state index contributed by atoms with van der Waals surface area (Å²) in [6.07, 6.45) is 13.3. The second kappa shape index (κ2) is 89.2. The van der Waals surface area contributed by atoms with Crippen LogP contribution >= 0.6 is 0 Å². The van der Waals surface area contributed by atoms with E-state index in [1.165, 1.54) is 57.8 Å². The van der Waals surface area contributed by atoms with E-state index in [0.717, 1.165) is 13.0 Å². The second-order valence-corrected chi connectivity index (χ2v) is 18.9. The molecule has 0 aliphatic heterocycles. The first-order chi connectivity index (χ1) is 43.3. The van der Waals surface area contributed by atoms with Gasteiger partial charge in [0.05, 0.1) is 317 Å². The molecule has 0 aromatic heterocycles. The van der Waals surface area contributed by atoms with Crippen LogP contribution in [0.25, 0.3) is 0 Å². The van der Waals surface area contributed by atoms with E-state index in [4.69, 9.17) is 119 Å². The highest BCUT2D eigenvalue weighted by Gasteiger charge is 2.01. The van der Waals surface area contributed by atoms with E-state index in [0.29, 0.717) is 311 Å². The quantitative estimate of drug-likeness (QED) is 0.0757. The summed E-state index contributed by atoms with van der Waals surface area (Å²) in [5.41, 5.74) is 0. The molecule has 0 aromatic rings. The molecular weight excluding hydrogens is 1140 g/mol. The Labute approximate surface area is 526 Å². The van der Waals surface area contributed by atoms with Crippen molar-refractivity contribution in [3.8, 4) is 0 Å². The fraction of sp³-hybridized carbons (Fsp3) is 1.00. The zero-order valence-electron chi connectivity index (χ0n) is 55.0. The Bertz CT molecular complexity index is 1050. The van der Waals surface area contributed by atoms with Gasteiger partial charge >= 0.3 is 0 Å². The Kier molecular flexibility index (Phi) is 90.3. The first-order valence-electron chi connectivity index (χ1n) is 32.8. The summed E-state index contributed by atoms with van der Waals surface area (Å²) in [7, 11) is 0. The number of unbranched alkanes of at least 4 members (excludes halogenated alkanes) is 8. The van der Waals surface area contributed by atoms with Gasteiger partial charge in [-0.3, -0.25) is 0 Å². The Hall–Kier alpha value is -1.00. The highest BCUT2D eigenvalue weighted by Crippen LogP contribution is 2.03. The maximum absolute atomic E-state index is 8.61. The number of aliphatic hydroxyl groups excluding tert-OH is 1. The van der Waals surface area contributed by atoms with Gasteiger partial charge < -0.3 is 119 Å². The molecule has 0 rings (SSSR count). The maximum Gasteiger partial charge on any atom is 0.0701 e. The van der Waals surface area contributed by atoms with Gasteiger partial charge in [0.2, 0.25) is 0 Å². The molecule has 0 saturated heterocycles. The molecule has 87 heavy (non-hydrogen) atoms. The average Bonchev–Trinajstić information content (AvgIpc) is 3.53. The summed E-state index contributed by atoms with van der Waals surface area (Å²) in [4.78, 5) is 0. The van der Waals surface area contributed by atoms with Crippen LogP contribution in [0.4, 0.5) is 0 Å². The molecule has 0 aliphatic carbocycles. The summed E-state index contributed by atoms with van der Waals surface area (Å²) < 4.78 is 132. The second-order valence-electron chi connectivity index (χ2n) is 18.9. The maximum atomic E-state index is 8.61. The summed E-state index contributed by atoms with van der Waals surface area (Å²) in [6, 6.07) is 0. The van der Waals surface area contributed by atoms with Gasteiger partial charge in [-0.05, 0) is 6.42 Å². The van der Waals surface area contributed by atoms with Crippen molar-refractivity contribution in [2.24, 2.45) is 0 Å². The van der Waals surface area contributed by atoms with Crippen LogP contribution in [-0.4, -0.2) is 329 Å². The molecule has 0 fully saturated rings. The molecule has 25 nitrogen and oxygen atoms in total. The molecule has 0 saturated carbocycles. The van der Waals surface area contributed by atoms with Gasteiger partial charge in [-0.25, -0.2) is 0 Å². The van der Waals surface area contributed by atoms with Gasteiger partial charge in [0.1, 0.15) is 0 Å². The van der Waals surface area contributed by atoms with Gasteiger partial charge in [0.25, 0.3) is 0 Å².